The molecule has 1 N–H and O–H groups in total. The van der Waals surface area contributed by atoms with Gasteiger partial charge in [-0.2, -0.15) is 15.0 Å². The van der Waals surface area contributed by atoms with Gasteiger partial charge < -0.3 is 14.9 Å². The van der Waals surface area contributed by atoms with Gasteiger partial charge in [-0.15, -0.1) is 0 Å². The van der Waals surface area contributed by atoms with Gasteiger partial charge >= 0.3 is 0 Å². The molecule has 4 rings (SSSR count). The summed E-state index contributed by atoms with van der Waals surface area (Å²) in [5.74, 6) is -0.0279. The highest BCUT2D eigenvalue weighted by Crippen LogP contribution is 2.24. The monoisotopic (exact) mass is 343 g/mol. The minimum atomic E-state index is -0.791. The Morgan fingerprint density at radius 2 is 1.76 bits per heavy atom. The van der Waals surface area contributed by atoms with Gasteiger partial charge in [0.1, 0.15) is 17.6 Å². The second kappa shape index (κ2) is 6.72. The molecule has 1 aromatic carbocycles. The third-order valence-corrected chi connectivity index (χ3v) is 5.23. The number of β-amino-alcohol motifs (C(OH)–C–C–N with tert-alkyl or cyclic N) is 1. The molecule has 0 bridgehead atoms. The molecule has 2 saturated heterocycles. The third kappa shape index (κ3) is 3.67. The van der Waals surface area contributed by atoms with Crippen LogP contribution in [0.25, 0.3) is 11.0 Å². The van der Waals surface area contributed by atoms with Crippen molar-refractivity contribution in [1.82, 2.24) is 24.8 Å². The Labute approximate surface area is 147 Å². The molecule has 1 atom stereocenters. The fourth-order valence-electron chi connectivity index (χ4n) is 4.01. The lowest BCUT2D eigenvalue weighted by Crippen LogP contribution is -2.55. The van der Waals surface area contributed by atoms with E-state index in [1.165, 1.54) is 17.6 Å². The fraction of sp³-hybridized carbons (Fsp3) is 0.611. The van der Waals surface area contributed by atoms with Gasteiger partial charge in [-0.25, -0.2) is 0 Å². The average molecular weight is 343 g/mol. The molecular weight excluding hydrogens is 318 g/mol. The van der Waals surface area contributed by atoms with Gasteiger partial charge in [-0.05, 0) is 50.9 Å². The summed E-state index contributed by atoms with van der Waals surface area (Å²) in [5.41, 5.74) is 0.791. The highest BCUT2D eigenvalue weighted by atomic mass is 16.3. The van der Waals surface area contributed by atoms with Crippen molar-refractivity contribution in [3.05, 3.63) is 24.3 Å². The molecule has 25 heavy (non-hydrogen) atoms. The van der Waals surface area contributed by atoms with Crippen LogP contribution in [0.4, 0.5) is 0 Å². The maximum absolute atomic E-state index is 12.7. The predicted octanol–water partition coefficient (Wildman–Crippen LogP) is 0.881. The molecule has 2 fully saturated rings. The van der Waals surface area contributed by atoms with Crippen LogP contribution in [-0.2, 0) is 11.3 Å². The van der Waals surface area contributed by atoms with Gasteiger partial charge in [0.15, 0.2) is 0 Å². The van der Waals surface area contributed by atoms with E-state index in [1.54, 1.807) is 4.90 Å². The second-order valence-corrected chi connectivity index (χ2v) is 7.35. The molecule has 0 saturated carbocycles. The number of benzene rings is 1. The zero-order valence-electron chi connectivity index (χ0n) is 14.5. The van der Waals surface area contributed by atoms with Gasteiger partial charge in [0, 0.05) is 13.1 Å². The van der Waals surface area contributed by atoms with Crippen LogP contribution in [0.15, 0.2) is 24.3 Å². The van der Waals surface area contributed by atoms with E-state index in [0.717, 1.165) is 37.0 Å². The molecule has 1 aromatic heterocycles. The van der Waals surface area contributed by atoms with E-state index < -0.39 is 5.60 Å². The number of aromatic nitrogens is 3. The van der Waals surface area contributed by atoms with Crippen molar-refractivity contribution in [1.29, 1.82) is 0 Å². The molecular formula is C18H25N5O2. The highest BCUT2D eigenvalue weighted by Gasteiger charge is 2.37. The smallest absolute Gasteiger partial charge is 0.246 e. The van der Waals surface area contributed by atoms with Crippen molar-refractivity contribution >= 4 is 16.9 Å². The molecule has 2 aliphatic rings. The zero-order chi connectivity index (χ0) is 17.3. The van der Waals surface area contributed by atoms with Crippen LogP contribution in [0.1, 0.15) is 25.7 Å². The number of fused-ring (bicyclic) bond motifs is 1. The first-order chi connectivity index (χ1) is 12.1. The number of amides is 1. The van der Waals surface area contributed by atoms with Crippen molar-refractivity contribution in [2.45, 2.75) is 37.8 Å². The lowest BCUT2D eigenvalue weighted by molar-refractivity contribution is -0.140. The normalized spacial score (nSPS) is 24.9. The number of hydrogen-bond donors (Lipinski definition) is 1. The maximum atomic E-state index is 12.7. The van der Waals surface area contributed by atoms with E-state index in [1.807, 2.05) is 24.3 Å². The Kier molecular flexibility index (Phi) is 4.43. The van der Waals surface area contributed by atoms with Crippen LogP contribution < -0.4 is 0 Å². The van der Waals surface area contributed by atoms with Gasteiger partial charge in [0.2, 0.25) is 5.91 Å². The third-order valence-electron chi connectivity index (χ3n) is 5.23. The molecule has 0 spiro atoms. The highest BCUT2D eigenvalue weighted by molar-refractivity contribution is 5.77. The van der Waals surface area contributed by atoms with Crippen molar-refractivity contribution < 1.29 is 9.90 Å². The topological polar surface area (TPSA) is 74.5 Å². The van der Waals surface area contributed by atoms with E-state index >= 15 is 0 Å². The minimum absolute atomic E-state index is 0.0279. The van der Waals surface area contributed by atoms with Crippen molar-refractivity contribution in [3.8, 4) is 0 Å². The van der Waals surface area contributed by atoms with Gasteiger partial charge in [0.25, 0.3) is 0 Å². The van der Waals surface area contributed by atoms with E-state index in [-0.39, 0.29) is 12.5 Å². The van der Waals surface area contributed by atoms with Crippen LogP contribution >= 0.6 is 0 Å². The van der Waals surface area contributed by atoms with Crippen molar-refractivity contribution in [3.63, 3.8) is 0 Å². The number of nitrogens with zero attached hydrogens (tertiary/aromatic N) is 5. The number of likely N-dealkylation sites (tertiary alicyclic amines) is 2. The summed E-state index contributed by atoms with van der Waals surface area (Å²) in [5, 5.41) is 19.7. The first-order valence-corrected chi connectivity index (χ1v) is 9.14. The molecule has 3 heterocycles. The number of piperidine rings is 1. The first kappa shape index (κ1) is 16.5. The summed E-state index contributed by atoms with van der Waals surface area (Å²) in [6.07, 6.45) is 4.01. The Morgan fingerprint density at radius 1 is 1.08 bits per heavy atom. The standard InChI is InChI=1S/C18H25N5O2/c24-17(12-23-19-15-6-1-2-7-16(15)20-23)22-11-5-8-18(25,14-22)13-21-9-3-4-10-21/h1-2,6-7,25H,3-5,8-14H2/t18-/m1/s1. The van der Waals surface area contributed by atoms with E-state index in [4.69, 9.17) is 0 Å². The van der Waals surface area contributed by atoms with Crippen molar-refractivity contribution in [2.75, 3.05) is 32.7 Å². The summed E-state index contributed by atoms with van der Waals surface area (Å²) in [6, 6.07) is 7.59. The Balaban J connectivity index is 1.40. The first-order valence-electron chi connectivity index (χ1n) is 9.14. The molecule has 2 aliphatic heterocycles. The summed E-state index contributed by atoms with van der Waals surface area (Å²) < 4.78 is 0. The van der Waals surface area contributed by atoms with E-state index in [9.17, 15) is 9.90 Å². The SMILES string of the molecule is O=C(Cn1nc2ccccc2n1)N1CCC[C@@](O)(CN2CCCC2)C1. The molecule has 134 valence electrons. The fourth-order valence-corrected chi connectivity index (χ4v) is 4.01. The molecule has 7 heteroatoms. The molecule has 2 aromatic rings. The number of aliphatic hydroxyl groups is 1. The number of carbonyl (C=O) groups is 1. The summed E-state index contributed by atoms with van der Waals surface area (Å²) in [7, 11) is 0. The molecule has 0 radical (unpaired) electrons. The quantitative estimate of drug-likeness (QED) is 0.892. The Morgan fingerprint density at radius 3 is 2.44 bits per heavy atom. The van der Waals surface area contributed by atoms with Gasteiger partial charge in [-0.1, -0.05) is 12.1 Å². The second-order valence-electron chi connectivity index (χ2n) is 7.35. The molecule has 1 amide bonds. The predicted molar refractivity (Wildman–Crippen MR) is 94.0 cm³/mol. The molecule has 7 nitrogen and oxygen atoms in total. The minimum Gasteiger partial charge on any atom is -0.387 e. The number of hydrogen-bond acceptors (Lipinski definition) is 5. The number of rotatable bonds is 4. The number of carbonyl (C=O) groups excluding carboxylic acids is 1. The molecule has 0 unspecified atom stereocenters. The van der Waals surface area contributed by atoms with Crippen molar-refractivity contribution in [2.24, 2.45) is 0 Å². The van der Waals surface area contributed by atoms with Gasteiger partial charge in [0.05, 0.1) is 12.1 Å². The zero-order valence-corrected chi connectivity index (χ0v) is 14.5. The lowest BCUT2D eigenvalue weighted by Gasteiger charge is -2.41. The summed E-state index contributed by atoms with van der Waals surface area (Å²) >= 11 is 0. The van der Waals surface area contributed by atoms with E-state index in [2.05, 4.69) is 15.1 Å². The largest absolute Gasteiger partial charge is 0.387 e. The summed E-state index contributed by atoms with van der Waals surface area (Å²) in [6.45, 7) is 4.00. The summed E-state index contributed by atoms with van der Waals surface area (Å²) in [4.78, 5) is 18.2. The van der Waals surface area contributed by atoms with Crippen LogP contribution in [0.2, 0.25) is 0 Å². The van der Waals surface area contributed by atoms with Crippen LogP contribution in [-0.4, -0.2) is 74.1 Å². The van der Waals surface area contributed by atoms with Crippen LogP contribution in [0, 0.1) is 0 Å². The Hall–Kier alpha value is -1.99. The van der Waals surface area contributed by atoms with Crippen LogP contribution in [0.5, 0.6) is 0 Å². The van der Waals surface area contributed by atoms with E-state index in [0.29, 0.717) is 19.6 Å². The molecule has 0 aliphatic carbocycles. The van der Waals surface area contributed by atoms with Crippen LogP contribution in [0.3, 0.4) is 0 Å². The van der Waals surface area contributed by atoms with Gasteiger partial charge in [-0.3, -0.25) is 4.79 Å². The Bertz CT molecular complexity index is 722. The average Bonchev–Trinajstić information content (AvgIpc) is 3.23. The lowest BCUT2D eigenvalue weighted by atomic mass is 9.92. The maximum Gasteiger partial charge on any atom is 0.246 e.